The third-order valence-corrected chi connectivity index (χ3v) is 8.12. The summed E-state index contributed by atoms with van der Waals surface area (Å²) in [6, 6.07) is 13.1. The molecule has 4 rings (SSSR count). The average molecular weight is 555 g/mol. The predicted molar refractivity (Wildman–Crippen MR) is 131 cm³/mol. The van der Waals surface area contributed by atoms with Crippen molar-refractivity contribution in [1.29, 1.82) is 0 Å². The van der Waals surface area contributed by atoms with Crippen molar-refractivity contribution in [3.63, 3.8) is 0 Å². The standard InChI is InChI=1S/C22H20F2N4O7S2/c1-36(30,31)28(37(2,32)33)20-11-14(9-10-25-20)13-26-17-6-4-3-5-16(17)21(29)27-15-7-8-18-19(12-15)35-22(23,24)34-18/h3-12,26H,13H2,1-2H3,(H,27,29). The van der Waals surface area contributed by atoms with Crippen LogP contribution in [0.3, 0.4) is 0 Å². The minimum Gasteiger partial charge on any atom is -0.395 e. The second-order valence-electron chi connectivity index (χ2n) is 7.93. The van der Waals surface area contributed by atoms with Crippen molar-refractivity contribution in [2.24, 2.45) is 0 Å². The number of amides is 1. The topological polar surface area (TPSA) is 144 Å². The highest BCUT2D eigenvalue weighted by molar-refractivity contribution is 8.09. The molecule has 0 saturated heterocycles. The first-order chi connectivity index (χ1) is 17.2. The van der Waals surface area contributed by atoms with E-state index in [0.29, 0.717) is 11.3 Å². The smallest absolute Gasteiger partial charge is 0.395 e. The van der Waals surface area contributed by atoms with Crippen molar-refractivity contribution in [1.82, 2.24) is 4.98 Å². The quantitative estimate of drug-likeness (QED) is 0.429. The van der Waals surface area contributed by atoms with Crippen molar-refractivity contribution in [2.75, 3.05) is 26.9 Å². The molecule has 1 amide bonds. The molecule has 0 atom stereocenters. The molecular weight excluding hydrogens is 534 g/mol. The fourth-order valence-electron chi connectivity index (χ4n) is 3.51. The van der Waals surface area contributed by atoms with Crippen LogP contribution in [0.4, 0.5) is 26.0 Å². The number of pyridine rings is 1. The molecule has 0 bridgehead atoms. The Morgan fingerprint density at radius 3 is 2.35 bits per heavy atom. The zero-order chi connectivity index (χ0) is 27.0. The van der Waals surface area contributed by atoms with Crippen LogP contribution in [0.5, 0.6) is 11.5 Å². The first-order valence-corrected chi connectivity index (χ1v) is 14.1. The van der Waals surface area contributed by atoms with E-state index >= 15 is 0 Å². The fourth-order valence-corrected chi connectivity index (χ4v) is 6.36. The third kappa shape index (κ3) is 6.06. The molecule has 0 spiro atoms. The fraction of sp³-hybridized carbons (Fsp3) is 0.182. The molecule has 37 heavy (non-hydrogen) atoms. The first-order valence-electron chi connectivity index (χ1n) is 10.4. The number of halogens is 2. The van der Waals surface area contributed by atoms with E-state index in [1.165, 1.54) is 36.5 Å². The Kier molecular flexibility index (Phi) is 6.68. The van der Waals surface area contributed by atoms with Gasteiger partial charge in [0.1, 0.15) is 0 Å². The van der Waals surface area contributed by atoms with Crippen molar-refractivity contribution in [3.05, 3.63) is 71.9 Å². The van der Waals surface area contributed by atoms with Gasteiger partial charge < -0.3 is 20.1 Å². The van der Waals surface area contributed by atoms with Gasteiger partial charge in [0.15, 0.2) is 17.3 Å². The molecule has 0 fully saturated rings. The predicted octanol–water partition coefficient (Wildman–Crippen LogP) is 2.99. The van der Waals surface area contributed by atoms with Gasteiger partial charge in [0, 0.05) is 30.2 Å². The van der Waals surface area contributed by atoms with Crippen molar-refractivity contribution in [2.45, 2.75) is 12.8 Å². The van der Waals surface area contributed by atoms with E-state index in [1.54, 1.807) is 24.3 Å². The molecule has 3 aromatic rings. The number of aromatic nitrogens is 1. The summed E-state index contributed by atoms with van der Waals surface area (Å²) in [5, 5.41) is 5.64. The molecule has 2 aromatic carbocycles. The molecule has 2 heterocycles. The monoisotopic (exact) mass is 554 g/mol. The lowest BCUT2D eigenvalue weighted by Gasteiger charge is -2.19. The number of ether oxygens (including phenoxy) is 2. The van der Waals surface area contributed by atoms with E-state index in [-0.39, 0.29) is 38.8 Å². The number of benzene rings is 2. The second kappa shape index (κ2) is 9.48. The number of para-hydroxylation sites is 1. The molecule has 1 aliphatic heterocycles. The Morgan fingerprint density at radius 2 is 1.65 bits per heavy atom. The Bertz CT molecular complexity index is 1550. The maximum absolute atomic E-state index is 13.3. The van der Waals surface area contributed by atoms with Gasteiger partial charge in [0.2, 0.25) is 20.0 Å². The largest absolute Gasteiger partial charge is 0.586 e. The summed E-state index contributed by atoms with van der Waals surface area (Å²) in [6.45, 7) is 0.0836. The number of carbonyl (C=O) groups is 1. The number of sulfonamides is 2. The van der Waals surface area contributed by atoms with Crippen LogP contribution in [0.2, 0.25) is 0 Å². The summed E-state index contributed by atoms with van der Waals surface area (Å²) in [5.41, 5.74) is 1.29. The van der Waals surface area contributed by atoms with Gasteiger partial charge in [-0.15, -0.1) is 12.5 Å². The maximum Gasteiger partial charge on any atom is 0.586 e. The number of alkyl halides is 2. The molecule has 0 unspecified atom stereocenters. The summed E-state index contributed by atoms with van der Waals surface area (Å²) in [7, 11) is -8.33. The molecule has 2 N–H and O–H groups in total. The van der Waals surface area contributed by atoms with Gasteiger partial charge in [-0.25, -0.2) is 21.8 Å². The van der Waals surface area contributed by atoms with E-state index in [9.17, 15) is 30.4 Å². The lowest BCUT2D eigenvalue weighted by atomic mass is 10.1. The summed E-state index contributed by atoms with van der Waals surface area (Å²) >= 11 is 0. The Labute approximate surface area is 211 Å². The molecule has 1 aliphatic rings. The summed E-state index contributed by atoms with van der Waals surface area (Å²) in [5.74, 6) is -1.24. The van der Waals surface area contributed by atoms with E-state index in [1.807, 2.05) is 0 Å². The molecule has 0 saturated carbocycles. The highest BCUT2D eigenvalue weighted by Crippen LogP contribution is 2.42. The van der Waals surface area contributed by atoms with Crippen LogP contribution in [0.15, 0.2) is 60.8 Å². The van der Waals surface area contributed by atoms with Crippen LogP contribution < -0.4 is 23.8 Å². The van der Waals surface area contributed by atoms with E-state index in [2.05, 4.69) is 25.1 Å². The minimum atomic E-state index is -4.17. The molecule has 0 aliphatic carbocycles. The Morgan fingerprint density at radius 1 is 0.973 bits per heavy atom. The van der Waals surface area contributed by atoms with E-state index < -0.39 is 32.2 Å². The van der Waals surface area contributed by atoms with Crippen LogP contribution in [-0.4, -0.2) is 46.5 Å². The van der Waals surface area contributed by atoms with Gasteiger partial charge in [-0.3, -0.25) is 4.79 Å². The molecule has 196 valence electrons. The van der Waals surface area contributed by atoms with Gasteiger partial charge in [-0.2, -0.15) is 0 Å². The Balaban J connectivity index is 1.51. The molecule has 11 nitrogen and oxygen atoms in total. The zero-order valence-electron chi connectivity index (χ0n) is 19.3. The number of hydrogen-bond acceptors (Lipinski definition) is 9. The van der Waals surface area contributed by atoms with Gasteiger partial charge in [0.25, 0.3) is 5.91 Å². The molecular formula is C22H20F2N4O7S2. The van der Waals surface area contributed by atoms with Crippen LogP contribution in [-0.2, 0) is 26.6 Å². The maximum atomic E-state index is 13.3. The van der Waals surface area contributed by atoms with Crippen LogP contribution in [0.1, 0.15) is 15.9 Å². The van der Waals surface area contributed by atoms with Crippen molar-refractivity contribution in [3.8, 4) is 11.5 Å². The van der Waals surface area contributed by atoms with Gasteiger partial charge in [-0.05, 0) is 42.0 Å². The molecule has 1 aromatic heterocycles. The lowest BCUT2D eigenvalue weighted by Crippen LogP contribution is -2.35. The number of nitrogens with one attached hydrogen (secondary N) is 2. The number of anilines is 3. The van der Waals surface area contributed by atoms with Gasteiger partial charge in [-0.1, -0.05) is 12.1 Å². The number of rotatable bonds is 8. The van der Waals surface area contributed by atoms with Gasteiger partial charge >= 0.3 is 6.29 Å². The summed E-state index contributed by atoms with van der Waals surface area (Å²) < 4.78 is 83.6. The zero-order valence-corrected chi connectivity index (χ0v) is 20.9. The summed E-state index contributed by atoms with van der Waals surface area (Å²) in [4.78, 5) is 16.8. The Hall–Kier alpha value is -3.98. The molecule has 0 radical (unpaired) electrons. The minimum absolute atomic E-state index is 0.0836. The van der Waals surface area contributed by atoms with E-state index in [4.69, 9.17) is 0 Å². The third-order valence-electron chi connectivity index (χ3n) is 4.91. The van der Waals surface area contributed by atoms with Crippen LogP contribution in [0.25, 0.3) is 0 Å². The van der Waals surface area contributed by atoms with Gasteiger partial charge in [0.05, 0.1) is 18.1 Å². The lowest BCUT2D eigenvalue weighted by molar-refractivity contribution is -0.286. The highest BCUT2D eigenvalue weighted by Gasteiger charge is 2.43. The van der Waals surface area contributed by atoms with Crippen LogP contribution in [0, 0.1) is 0 Å². The number of nitrogens with zero attached hydrogens (tertiary/aromatic N) is 2. The molecule has 15 heteroatoms. The van der Waals surface area contributed by atoms with E-state index in [0.717, 1.165) is 12.5 Å². The second-order valence-corrected chi connectivity index (χ2v) is 11.8. The van der Waals surface area contributed by atoms with Crippen LogP contribution >= 0.6 is 0 Å². The SMILES string of the molecule is CS(=O)(=O)N(c1cc(CNc2ccccc2C(=O)Nc2ccc3c(c2)OC(F)(F)O3)ccn1)S(C)(=O)=O. The number of carbonyl (C=O) groups excluding carboxylic acids is 1. The first kappa shape index (κ1) is 26.1. The highest BCUT2D eigenvalue weighted by atomic mass is 32.3. The normalized spacial score (nSPS) is 14.2. The van der Waals surface area contributed by atoms with Crippen molar-refractivity contribution >= 4 is 43.1 Å². The number of hydrogen-bond donors (Lipinski definition) is 2. The average Bonchev–Trinajstić information content (AvgIpc) is 3.09. The van der Waals surface area contributed by atoms with Crippen molar-refractivity contribution < 1.29 is 39.9 Å². The number of fused-ring (bicyclic) bond motifs is 1. The summed E-state index contributed by atoms with van der Waals surface area (Å²) in [6.07, 6.45) is -1.02.